The van der Waals surface area contributed by atoms with Gasteiger partial charge in [-0.05, 0) is 56.7 Å². The summed E-state index contributed by atoms with van der Waals surface area (Å²) in [5, 5.41) is 8.71. The lowest BCUT2D eigenvalue weighted by molar-refractivity contribution is -0.114. The summed E-state index contributed by atoms with van der Waals surface area (Å²) in [6, 6.07) is 14.0. The van der Waals surface area contributed by atoms with Gasteiger partial charge in [-0.2, -0.15) is 0 Å². The molecule has 0 aliphatic rings. The first-order valence-corrected chi connectivity index (χ1v) is 10.8. The molecular weight excluding hydrogens is 392 g/mol. The number of amides is 3. The number of hydrogen-bond donors (Lipinski definition) is 3. The molecule has 0 fully saturated rings. The monoisotopic (exact) mass is 424 g/mol. The Labute approximate surface area is 184 Å². The summed E-state index contributed by atoms with van der Waals surface area (Å²) in [5.74, 6) is -0.435. The molecule has 0 saturated heterocycles. The Morgan fingerprint density at radius 2 is 1.52 bits per heavy atom. The molecule has 3 amide bonds. The second-order valence-electron chi connectivity index (χ2n) is 7.15. The Kier molecular flexibility index (Phi) is 9.55. The minimum absolute atomic E-state index is 0.0368. The van der Waals surface area contributed by atoms with E-state index >= 15 is 0 Å². The highest BCUT2D eigenvalue weighted by Gasteiger charge is 2.13. The van der Waals surface area contributed by atoms with E-state index in [9.17, 15) is 14.4 Å². The van der Waals surface area contributed by atoms with Gasteiger partial charge in [0.2, 0.25) is 5.91 Å². The molecule has 0 aromatic heterocycles. The number of nitrogens with one attached hydrogen (secondary N) is 3. The van der Waals surface area contributed by atoms with Crippen molar-refractivity contribution in [2.75, 3.05) is 36.8 Å². The minimum atomic E-state index is -0.245. The number of hydrogen-bond acceptors (Lipinski definition) is 4. The third-order valence-electron chi connectivity index (χ3n) is 4.84. The molecule has 0 aliphatic carbocycles. The highest BCUT2D eigenvalue weighted by Crippen LogP contribution is 2.14. The summed E-state index contributed by atoms with van der Waals surface area (Å²) in [7, 11) is 0. The summed E-state index contributed by atoms with van der Waals surface area (Å²) in [5.41, 5.74) is 2.33. The predicted octanol–water partition coefficient (Wildman–Crippen LogP) is 3.75. The molecule has 2 aromatic rings. The van der Waals surface area contributed by atoms with Gasteiger partial charge in [-0.1, -0.05) is 25.5 Å². The van der Waals surface area contributed by atoms with Crippen molar-refractivity contribution in [1.29, 1.82) is 0 Å². The van der Waals surface area contributed by atoms with E-state index in [-0.39, 0.29) is 24.3 Å². The van der Waals surface area contributed by atoms with Crippen LogP contribution in [0.4, 0.5) is 11.4 Å². The van der Waals surface area contributed by atoms with Crippen LogP contribution in [-0.4, -0.2) is 48.8 Å². The first kappa shape index (κ1) is 23.9. The first-order chi connectivity index (χ1) is 15.0. The molecule has 0 saturated carbocycles. The molecule has 0 radical (unpaired) electrons. The van der Waals surface area contributed by atoms with Gasteiger partial charge in [-0.3, -0.25) is 14.4 Å². The Hall–Kier alpha value is -3.35. The Morgan fingerprint density at radius 3 is 2.19 bits per heavy atom. The number of anilines is 2. The minimum Gasteiger partial charge on any atom is -0.376 e. The fraction of sp³-hybridized carbons (Fsp3) is 0.375. The molecule has 166 valence electrons. The maximum absolute atomic E-state index is 12.5. The molecule has 0 spiro atoms. The van der Waals surface area contributed by atoms with Crippen molar-refractivity contribution in [3.8, 4) is 0 Å². The van der Waals surface area contributed by atoms with Crippen LogP contribution in [0.5, 0.6) is 0 Å². The van der Waals surface area contributed by atoms with Crippen LogP contribution in [0.25, 0.3) is 0 Å². The summed E-state index contributed by atoms with van der Waals surface area (Å²) in [6.45, 7) is 7.88. The maximum atomic E-state index is 12.5. The standard InChI is InChI=1S/C24H32N4O3/c1-4-7-14-25-23(30)18-10-8-12-20(15-18)26-17-22(29)27-21-13-9-11-19(16-21)24(31)28(5-2)6-3/h8-13,15-16,26H,4-7,14,17H2,1-3H3,(H,25,30)(H,27,29). The van der Waals surface area contributed by atoms with Gasteiger partial charge in [0.05, 0.1) is 6.54 Å². The van der Waals surface area contributed by atoms with Gasteiger partial charge in [0.1, 0.15) is 0 Å². The van der Waals surface area contributed by atoms with E-state index in [1.807, 2.05) is 13.8 Å². The van der Waals surface area contributed by atoms with Crippen LogP contribution in [-0.2, 0) is 4.79 Å². The lowest BCUT2D eigenvalue weighted by Gasteiger charge is -2.19. The van der Waals surface area contributed by atoms with Crippen molar-refractivity contribution < 1.29 is 14.4 Å². The third kappa shape index (κ3) is 7.44. The average Bonchev–Trinajstić information content (AvgIpc) is 2.79. The number of carbonyl (C=O) groups is 3. The van der Waals surface area contributed by atoms with Crippen LogP contribution in [0.1, 0.15) is 54.3 Å². The molecular formula is C24H32N4O3. The molecule has 0 heterocycles. The van der Waals surface area contributed by atoms with E-state index in [4.69, 9.17) is 0 Å². The lowest BCUT2D eigenvalue weighted by atomic mass is 10.1. The summed E-state index contributed by atoms with van der Waals surface area (Å²) < 4.78 is 0. The van der Waals surface area contributed by atoms with Gasteiger partial charge >= 0.3 is 0 Å². The van der Waals surface area contributed by atoms with Crippen LogP contribution in [0.2, 0.25) is 0 Å². The van der Waals surface area contributed by atoms with E-state index in [0.29, 0.717) is 42.1 Å². The molecule has 0 aliphatic heterocycles. The van der Waals surface area contributed by atoms with Crippen LogP contribution in [0.15, 0.2) is 48.5 Å². The number of nitrogens with zero attached hydrogens (tertiary/aromatic N) is 1. The quantitative estimate of drug-likeness (QED) is 0.479. The van der Waals surface area contributed by atoms with E-state index in [1.54, 1.807) is 53.4 Å². The van der Waals surface area contributed by atoms with Gasteiger partial charge in [0.15, 0.2) is 0 Å². The van der Waals surface area contributed by atoms with Gasteiger partial charge in [0, 0.05) is 42.1 Å². The van der Waals surface area contributed by atoms with Crippen molar-refractivity contribution in [1.82, 2.24) is 10.2 Å². The maximum Gasteiger partial charge on any atom is 0.253 e. The largest absolute Gasteiger partial charge is 0.376 e. The third-order valence-corrected chi connectivity index (χ3v) is 4.84. The van der Waals surface area contributed by atoms with Gasteiger partial charge < -0.3 is 20.9 Å². The van der Waals surface area contributed by atoms with Crippen molar-refractivity contribution in [2.24, 2.45) is 0 Å². The van der Waals surface area contributed by atoms with Crippen molar-refractivity contribution >= 4 is 29.1 Å². The fourth-order valence-corrected chi connectivity index (χ4v) is 3.06. The zero-order valence-electron chi connectivity index (χ0n) is 18.5. The highest BCUT2D eigenvalue weighted by atomic mass is 16.2. The first-order valence-electron chi connectivity index (χ1n) is 10.8. The molecule has 31 heavy (non-hydrogen) atoms. The summed E-state index contributed by atoms with van der Waals surface area (Å²) >= 11 is 0. The highest BCUT2D eigenvalue weighted by molar-refractivity contribution is 5.98. The molecule has 3 N–H and O–H groups in total. The molecule has 2 rings (SSSR count). The fourth-order valence-electron chi connectivity index (χ4n) is 3.06. The molecule has 7 nitrogen and oxygen atoms in total. The smallest absolute Gasteiger partial charge is 0.253 e. The summed E-state index contributed by atoms with van der Waals surface area (Å²) in [4.78, 5) is 38.8. The topological polar surface area (TPSA) is 90.5 Å². The number of carbonyl (C=O) groups excluding carboxylic acids is 3. The van der Waals surface area contributed by atoms with Crippen LogP contribution < -0.4 is 16.0 Å². The van der Waals surface area contributed by atoms with Gasteiger partial charge in [-0.25, -0.2) is 0 Å². The number of unbranched alkanes of at least 4 members (excludes halogenated alkanes) is 1. The number of rotatable bonds is 11. The average molecular weight is 425 g/mol. The second kappa shape index (κ2) is 12.4. The van der Waals surface area contributed by atoms with E-state index in [1.165, 1.54) is 0 Å². The van der Waals surface area contributed by atoms with Crippen molar-refractivity contribution in [3.63, 3.8) is 0 Å². The predicted molar refractivity (Wildman–Crippen MR) is 124 cm³/mol. The summed E-state index contributed by atoms with van der Waals surface area (Å²) in [6.07, 6.45) is 1.95. The Bertz CT molecular complexity index is 894. The van der Waals surface area contributed by atoms with Gasteiger partial charge in [0.25, 0.3) is 11.8 Å². The van der Waals surface area contributed by atoms with Crippen LogP contribution in [0, 0.1) is 0 Å². The molecule has 0 bridgehead atoms. The van der Waals surface area contributed by atoms with E-state index in [2.05, 4.69) is 22.9 Å². The molecule has 0 unspecified atom stereocenters. The Balaban J connectivity index is 1.92. The molecule has 7 heteroatoms. The van der Waals surface area contributed by atoms with Gasteiger partial charge in [-0.15, -0.1) is 0 Å². The van der Waals surface area contributed by atoms with Crippen molar-refractivity contribution in [3.05, 3.63) is 59.7 Å². The van der Waals surface area contributed by atoms with E-state index in [0.717, 1.165) is 12.8 Å². The molecule has 0 atom stereocenters. The lowest BCUT2D eigenvalue weighted by Crippen LogP contribution is -2.30. The zero-order chi connectivity index (χ0) is 22.6. The second-order valence-corrected chi connectivity index (χ2v) is 7.15. The zero-order valence-corrected chi connectivity index (χ0v) is 18.5. The SMILES string of the molecule is CCCCNC(=O)c1cccc(NCC(=O)Nc2cccc(C(=O)N(CC)CC)c2)c1. The normalized spacial score (nSPS) is 10.3. The van der Waals surface area contributed by atoms with E-state index < -0.39 is 0 Å². The number of benzene rings is 2. The van der Waals surface area contributed by atoms with Crippen LogP contribution in [0.3, 0.4) is 0 Å². The Morgan fingerprint density at radius 1 is 0.871 bits per heavy atom. The molecule has 2 aromatic carbocycles. The van der Waals surface area contributed by atoms with Crippen LogP contribution >= 0.6 is 0 Å². The van der Waals surface area contributed by atoms with Crippen molar-refractivity contribution in [2.45, 2.75) is 33.6 Å².